The van der Waals surface area contributed by atoms with Crippen molar-refractivity contribution in [1.29, 1.82) is 0 Å². The molecule has 0 aromatic rings. The third-order valence-corrected chi connectivity index (χ3v) is 2.03. The van der Waals surface area contributed by atoms with Crippen LogP contribution >= 0.6 is 7.82 Å². The molecule has 0 aliphatic rings. The SMILES string of the molecule is CC(CCCC=O)COP(=O)(O)O. The van der Waals surface area contributed by atoms with Gasteiger partial charge in [0.15, 0.2) is 0 Å². The topological polar surface area (TPSA) is 83.8 Å². The van der Waals surface area contributed by atoms with Gasteiger partial charge in [0, 0.05) is 6.42 Å². The van der Waals surface area contributed by atoms with E-state index in [0.717, 1.165) is 19.1 Å². The Morgan fingerprint density at radius 1 is 1.54 bits per heavy atom. The van der Waals surface area contributed by atoms with E-state index in [1.54, 1.807) is 0 Å². The van der Waals surface area contributed by atoms with Gasteiger partial charge in [-0.25, -0.2) is 4.57 Å². The molecule has 0 aromatic carbocycles. The van der Waals surface area contributed by atoms with Gasteiger partial charge in [0.05, 0.1) is 6.61 Å². The van der Waals surface area contributed by atoms with Crippen molar-refractivity contribution in [3.05, 3.63) is 0 Å². The highest BCUT2D eigenvalue weighted by molar-refractivity contribution is 7.46. The Balaban J connectivity index is 3.45. The Bertz CT molecular complexity index is 187. The lowest BCUT2D eigenvalue weighted by molar-refractivity contribution is -0.108. The van der Waals surface area contributed by atoms with E-state index in [9.17, 15) is 9.36 Å². The van der Waals surface area contributed by atoms with Gasteiger partial charge in [-0.3, -0.25) is 4.52 Å². The van der Waals surface area contributed by atoms with Gasteiger partial charge in [-0.1, -0.05) is 6.92 Å². The van der Waals surface area contributed by atoms with Crippen LogP contribution in [0.2, 0.25) is 0 Å². The molecule has 0 saturated carbocycles. The Hall–Kier alpha value is -0.220. The predicted octanol–water partition coefficient (Wildman–Crippen LogP) is 1.10. The summed E-state index contributed by atoms with van der Waals surface area (Å²) in [5.41, 5.74) is 0. The molecule has 2 N–H and O–H groups in total. The second-order valence-corrected chi connectivity index (χ2v) is 4.23. The minimum Gasteiger partial charge on any atom is -0.303 e. The van der Waals surface area contributed by atoms with Crippen LogP contribution in [0.4, 0.5) is 0 Å². The van der Waals surface area contributed by atoms with Crippen molar-refractivity contribution in [1.82, 2.24) is 0 Å². The molecule has 1 unspecified atom stereocenters. The van der Waals surface area contributed by atoms with Crippen molar-refractivity contribution >= 4 is 14.1 Å². The van der Waals surface area contributed by atoms with Crippen molar-refractivity contribution in [2.45, 2.75) is 26.2 Å². The Labute approximate surface area is 77.3 Å². The van der Waals surface area contributed by atoms with Gasteiger partial charge < -0.3 is 14.6 Å². The summed E-state index contributed by atoms with van der Waals surface area (Å²) >= 11 is 0. The van der Waals surface area contributed by atoms with E-state index < -0.39 is 7.82 Å². The molecule has 0 aromatic heterocycles. The third-order valence-electron chi connectivity index (χ3n) is 1.55. The molecule has 13 heavy (non-hydrogen) atoms. The van der Waals surface area contributed by atoms with E-state index in [2.05, 4.69) is 4.52 Å². The molecule has 0 fully saturated rings. The van der Waals surface area contributed by atoms with Crippen LogP contribution < -0.4 is 0 Å². The molecule has 0 spiro atoms. The molecular weight excluding hydrogens is 195 g/mol. The van der Waals surface area contributed by atoms with E-state index >= 15 is 0 Å². The standard InChI is InChI=1S/C7H15O5P/c1-7(4-2-3-5-8)6-12-13(9,10)11/h5,7H,2-4,6H2,1H3,(H2,9,10,11). The summed E-state index contributed by atoms with van der Waals surface area (Å²) in [7, 11) is -4.33. The Morgan fingerprint density at radius 3 is 2.62 bits per heavy atom. The lowest BCUT2D eigenvalue weighted by Gasteiger charge is -2.11. The molecule has 78 valence electrons. The number of hydrogen-bond donors (Lipinski definition) is 2. The van der Waals surface area contributed by atoms with Crippen molar-refractivity contribution < 1.29 is 23.7 Å². The number of unbranched alkanes of at least 4 members (excludes halogenated alkanes) is 1. The number of aldehydes is 1. The van der Waals surface area contributed by atoms with Crippen LogP contribution in [-0.2, 0) is 13.9 Å². The number of hydrogen-bond acceptors (Lipinski definition) is 3. The quantitative estimate of drug-likeness (QED) is 0.373. The largest absolute Gasteiger partial charge is 0.469 e. The van der Waals surface area contributed by atoms with Crippen LogP contribution in [-0.4, -0.2) is 22.7 Å². The predicted molar refractivity (Wildman–Crippen MR) is 47.1 cm³/mol. The maximum Gasteiger partial charge on any atom is 0.469 e. The summed E-state index contributed by atoms with van der Waals surface area (Å²) in [6, 6.07) is 0. The van der Waals surface area contributed by atoms with Gasteiger partial charge in [0.2, 0.25) is 0 Å². The van der Waals surface area contributed by atoms with Crippen molar-refractivity contribution in [3.8, 4) is 0 Å². The summed E-state index contributed by atoms with van der Waals surface area (Å²) in [6.07, 6.45) is 2.78. The maximum atomic E-state index is 10.3. The molecular formula is C7H15O5P. The summed E-state index contributed by atoms with van der Waals surface area (Å²) in [6.45, 7) is 1.85. The fourth-order valence-electron chi connectivity index (χ4n) is 0.857. The smallest absolute Gasteiger partial charge is 0.303 e. The van der Waals surface area contributed by atoms with Crippen LogP contribution in [0.3, 0.4) is 0 Å². The maximum absolute atomic E-state index is 10.3. The molecule has 6 heteroatoms. The second kappa shape index (κ2) is 6.27. The van der Waals surface area contributed by atoms with Gasteiger partial charge in [-0.2, -0.15) is 0 Å². The number of phosphoric ester groups is 1. The zero-order valence-corrected chi connectivity index (χ0v) is 8.44. The summed E-state index contributed by atoms with van der Waals surface area (Å²) in [4.78, 5) is 26.7. The first-order valence-corrected chi connectivity index (χ1v) is 5.62. The minimum absolute atomic E-state index is 0.0309. The first-order valence-electron chi connectivity index (χ1n) is 4.09. The average molecular weight is 210 g/mol. The molecule has 0 heterocycles. The molecule has 5 nitrogen and oxygen atoms in total. The third kappa shape index (κ3) is 9.70. The number of carbonyl (C=O) groups excluding carboxylic acids is 1. The first kappa shape index (κ1) is 12.8. The monoisotopic (exact) mass is 210 g/mol. The highest BCUT2D eigenvalue weighted by Gasteiger charge is 2.15. The molecule has 0 aliphatic heterocycles. The molecule has 0 saturated heterocycles. The fraction of sp³-hybridized carbons (Fsp3) is 0.857. The molecule has 0 amide bonds. The average Bonchev–Trinajstić information content (AvgIpc) is 2.00. The van der Waals surface area contributed by atoms with E-state index in [1.165, 1.54) is 0 Å². The summed E-state index contributed by atoms with van der Waals surface area (Å²) in [5.74, 6) is 0.0626. The molecule has 0 aliphatic carbocycles. The van der Waals surface area contributed by atoms with E-state index in [4.69, 9.17) is 9.79 Å². The lowest BCUT2D eigenvalue weighted by Crippen LogP contribution is -2.04. The Morgan fingerprint density at radius 2 is 2.15 bits per heavy atom. The van der Waals surface area contributed by atoms with Gasteiger partial charge in [-0.05, 0) is 18.8 Å². The molecule has 0 rings (SSSR count). The van der Waals surface area contributed by atoms with Crippen molar-refractivity contribution in [3.63, 3.8) is 0 Å². The zero-order chi connectivity index (χ0) is 10.3. The minimum atomic E-state index is -4.33. The van der Waals surface area contributed by atoms with Crippen LogP contribution in [0.1, 0.15) is 26.2 Å². The van der Waals surface area contributed by atoms with Crippen molar-refractivity contribution in [2.75, 3.05) is 6.61 Å². The lowest BCUT2D eigenvalue weighted by atomic mass is 10.1. The van der Waals surface area contributed by atoms with E-state index in [0.29, 0.717) is 6.42 Å². The normalized spacial score (nSPS) is 14.1. The van der Waals surface area contributed by atoms with Gasteiger partial charge in [-0.15, -0.1) is 0 Å². The number of carbonyl (C=O) groups is 1. The first-order chi connectivity index (χ1) is 5.95. The summed E-state index contributed by atoms with van der Waals surface area (Å²) < 4.78 is 14.6. The fourth-order valence-corrected chi connectivity index (χ4v) is 1.31. The Kier molecular flexibility index (Phi) is 6.16. The van der Waals surface area contributed by atoms with Gasteiger partial charge >= 0.3 is 7.82 Å². The summed E-state index contributed by atoms with van der Waals surface area (Å²) in [5, 5.41) is 0. The van der Waals surface area contributed by atoms with Crippen LogP contribution in [0.25, 0.3) is 0 Å². The number of rotatable bonds is 7. The second-order valence-electron chi connectivity index (χ2n) is 2.99. The van der Waals surface area contributed by atoms with E-state index in [1.807, 2.05) is 6.92 Å². The molecule has 1 atom stereocenters. The highest BCUT2D eigenvalue weighted by Crippen LogP contribution is 2.36. The van der Waals surface area contributed by atoms with E-state index in [-0.39, 0.29) is 12.5 Å². The molecule has 0 radical (unpaired) electrons. The van der Waals surface area contributed by atoms with Gasteiger partial charge in [0.25, 0.3) is 0 Å². The van der Waals surface area contributed by atoms with Crippen LogP contribution in [0.5, 0.6) is 0 Å². The van der Waals surface area contributed by atoms with Crippen molar-refractivity contribution in [2.24, 2.45) is 5.92 Å². The van der Waals surface area contributed by atoms with Crippen LogP contribution in [0, 0.1) is 5.92 Å². The van der Waals surface area contributed by atoms with Crippen LogP contribution in [0.15, 0.2) is 0 Å². The van der Waals surface area contributed by atoms with Gasteiger partial charge in [0.1, 0.15) is 6.29 Å². The molecule has 0 bridgehead atoms. The number of phosphoric acid groups is 1. The zero-order valence-electron chi connectivity index (χ0n) is 7.55. The highest BCUT2D eigenvalue weighted by atomic mass is 31.2.